The van der Waals surface area contributed by atoms with Gasteiger partial charge in [0.15, 0.2) is 0 Å². The molecular formula is C21H29Cl2N3O. The Labute approximate surface area is 174 Å². The van der Waals surface area contributed by atoms with Gasteiger partial charge in [0.1, 0.15) is 0 Å². The number of anilines is 2. The molecule has 1 aliphatic heterocycles. The van der Waals surface area contributed by atoms with Gasteiger partial charge in [-0.05, 0) is 81.2 Å². The molecule has 2 aromatic rings. The molecular weight excluding hydrogens is 381 g/mol. The number of carbonyl (C=O) groups is 1. The minimum absolute atomic E-state index is 0. The highest BCUT2D eigenvalue weighted by atomic mass is 35.5. The molecule has 0 spiro atoms. The molecule has 0 atom stereocenters. The molecule has 0 saturated carbocycles. The van der Waals surface area contributed by atoms with Crippen LogP contribution in [0, 0.1) is 0 Å². The second-order valence-electron chi connectivity index (χ2n) is 6.94. The van der Waals surface area contributed by atoms with Crippen LogP contribution in [0.5, 0.6) is 0 Å². The predicted octanol–water partition coefficient (Wildman–Crippen LogP) is 4.32. The summed E-state index contributed by atoms with van der Waals surface area (Å²) in [4.78, 5) is 14.8. The first kappa shape index (κ1) is 23.3. The first-order valence-corrected chi connectivity index (χ1v) is 9.01. The van der Waals surface area contributed by atoms with Crippen LogP contribution in [0.2, 0.25) is 0 Å². The normalized spacial score (nSPS) is 12.9. The van der Waals surface area contributed by atoms with E-state index in [0.717, 1.165) is 42.9 Å². The van der Waals surface area contributed by atoms with Gasteiger partial charge in [-0.2, -0.15) is 0 Å². The van der Waals surface area contributed by atoms with Crippen molar-refractivity contribution in [1.82, 2.24) is 5.32 Å². The molecule has 0 aromatic heterocycles. The van der Waals surface area contributed by atoms with E-state index in [-0.39, 0.29) is 30.7 Å². The fourth-order valence-corrected chi connectivity index (χ4v) is 3.12. The molecule has 148 valence electrons. The zero-order chi connectivity index (χ0) is 17.8. The lowest BCUT2D eigenvalue weighted by Crippen LogP contribution is -2.25. The summed E-state index contributed by atoms with van der Waals surface area (Å²) in [5, 5.41) is 6.44. The molecule has 2 N–H and O–H groups in total. The third kappa shape index (κ3) is 5.86. The van der Waals surface area contributed by atoms with Crippen molar-refractivity contribution in [2.75, 3.05) is 30.4 Å². The fourth-order valence-electron chi connectivity index (χ4n) is 3.12. The molecule has 0 unspecified atom stereocenters. The Hall–Kier alpha value is -1.75. The van der Waals surface area contributed by atoms with Gasteiger partial charge in [-0.1, -0.05) is 12.1 Å². The highest BCUT2D eigenvalue weighted by Crippen LogP contribution is 2.21. The van der Waals surface area contributed by atoms with E-state index in [1.54, 1.807) is 0 Å². The molecule has 1 aliphatic rings. The van der Waals surface area contributed by atoms with Crippen molar-refractivity contribution >= 4 is 42.1 Å². The van der Waals surface area contributed by atoms with Gasteiger partial charge in [0, 0.05) is 30.0 Å². The van der Waals surface area contributed by atoms with Crippen molar-refractivity contribution in [3.8, 4) is 0 Å². The van der Waals surface area contributed by atoms with Gasteiger partial charge in [-0.25, -0.2) is 0 Å². The molecule has 0 aliphatic carbocycles. The molecule has 0 radical (unpaired) electrons. The van der Waals surface area contributed by atoms with E-state index in [1.165, 1.54) is 11.1 Å². The van der Waals surface area contributed by atoms with Crippen molar-refractivity contribution in [3.63, 3.8) is 0 Å². The molecule has 2 aromatic carbocycles. The van der Waals surface area contributed by atoms with E-state index >= 15 is 0 Å². The smallest absolute Gasteiger partial charge is 0.255 e. The van der Waals surface area contributed by atoms with Gasteiger partial charge < -0.3 is 15.5 Å². The first-order valence-electron chi connectivity index (χ1n) is 9.01. The number of nitrogens with one attached hydrogen (secondary N) is 2. The summed E-state index contributed by atoms with van der Waals surface area (Å²) in [6.45, 7) is 6.28. The van der Waals surface area contributed by atoms with E-state index in [9.17, 15) is 4.79 Å². The van der Waals surface area contributed by atoms with Gasteiger partial charge in [-0.15, -0.1) is 24.8 Å². The molecule has 1 heterocycles. The SMILES string of the molecule is CC(C)N(C)c1cccc(NC(=O)c2ccc3c(c2)CCNCC3)c1.Cl.Cl. The Balaban J connectivity index is 0.00000182. The fraction of sp³-hybridized carbons (Fsp3) is 0.381. The van der Waals surface area contributed by atoms with Crippen LogP contribution in [0.4, 0.5) is 11.4 Å². The maximum Gasteiger partial charge on any atom is 0.255 e. The molecule has 4 nitrogen and oxygen atoms in total. The van der Waals surface area contributed by atoms with Gasteiger partial charge in [-0.3, -0.25) is 4.79 Å². The van der Waals surface area contributed by atoms with E-state index in [2.05, 4.69) is 48.6 Å². The summed E-state index contributed by atoms with van der Waals surface area (Å²) in [6.07, 6.45) is 2.01. The number of fused-ring (bicyclic) bond motifs is 1. The van der Waals surface area contributed by atoms with Gasteiger partial charge in [0.05, 0.1) is 0 Å². The topological polar surface area (TPSA) is 44.4 Å². The zero-order valence-electron chi connectivity index (χ0n) is 16.1. The van der Waals surface area contributed by atoms with Crippen molar-refractivity contribution in [2.45, 2.75) is 32.7 Å². The third-order valence-electron chi connectivity index (χ3n) is 4.90. The van der Waals surface area contributed by atoms with Crippen LogP contribution in [0.3, 0.4) is 0 Å². The number of benzene rings is 2. The molecule has 0 bridgehead atoms. The van der Waals surface area contributed by atoms with Crippen molar-refractivity contribution < 1.29 is 4.79 Å². The lowest BCUT2D eigenvalue weighted by molar-refractivity contribution is 0.102. The predicted molar refractivity (Wildman–Crippen MR) is 119 cm³/mol. The summed E-state index contributed by atoms with van der Waals surface area (Å²) in [6, 6.07) is 14.5. The summed E-state index contributed by atoms with van der Waals surface area (Å²) >= 11 is 0. The van der Waals surface area contributed by atoms with Crippen LogP contribution in [-0.4, -0.2) is 32.1 Å². The number of carbonyl (C=O) groups excluding carboxylic acids is 1. The second-order valence-corrected chi connectivity index (χ2v) is 6.94. The monoisotopic (exact) mass is 409 g/mol. The van der Waals surface area contributed by atoms with Crippen LogP contribution in [0.15, 0.2) is 42.5 Å². The maximum absolute atomic E-state index is 12.7. The van der Waals surface area contributed by atoms with Gasteiger partial charge in [0.2, 0.25) is 0 Å². The van der Waals surface area contributed by atoms with Crippen LogP contribution in [0.25, 0.3) is 0 Å². The summed E-state index contributed by atoms with van der Waals surface area (Å²) < 4.78 is 0. The van der Waals surface area contributed by atoms with Crippen molar-refractivity contribution in [1.29, 1.82) is 0 Å². The van der Waals surface area contributed by atoms with Crippen LogP contribution < -0.4 is 15.5 Å². The largest absolute Gasteiger partial charge is 0.372 e. The van der Waals surface area contributed by atoms with Crippen molar-refractivity contribution in [2.24, 2.45) is 0 Å². The zero-order valence-corrected chi connectivity index (χ0v) is 17.8. The average molecular weight is 410 g/mol. The second kappa shape index (κ2) is 10.5. The Kier molecular flexibility index (Phi) is 9.10. The summed E-state index contributed by atoms with van der Waals surface area (Å²) in [7, 11) is 2.06. The molecule has 6 heteroatoms. The van der Waals surface area contributed by atoms with Crippen LogP contribution in [0.1, 0.15) is 35.3 Å². The molecule has 0 fully saturated rings. The first-order chi connectivity index (χ1) is 12.0. The highest BCUT2D eigenvalue weighted by Gasteiger charge is 2.13. The lowest BCUT2D eigenvalue weighted by Gasteiger charge is -2.24. The minimum atomic E-state index is -0.0515. The quantitative estimate of drug-likeness (QED) is 0.789. The van der Waals surface area contributed by atoms with Gasteiger partial charge in [0.25, 0.3) is 5.91 Å². The number of halogens is 2. The molecule has 3 rings (SSSR count). The van der Waals surface area contributed by atoms with E-state index < -0.39 is 0 Å². The Morgan fingerprint density at radius 3 is 2.44 bits per heavy atom. The number of hydrogen-bond donors (Lipinski definition) is 2. The number of rotatable bonds is 4. The molecule has 27 heavy (non-hydrogen) atoms. The van der Waals surface area contributed by atoms with Crippen molar-refractivity contribution in [3.05, 3.63) is 59.2 Å². The Morgan fingerprint density at radius 2 is 1.74 bits per heavy atom. The van der Waals surface area contributed by atoms with E-state index in [4.69, 9.17) is 0 Å². The summed E-state index contributed by atoms with van der Waals surface area (Å²) in [5.41, 5.74) is 5.28. The number of hydrogen-bond acceptors (Lipinski definition) is 3. The van der Waals surface area contributed by atoms with E-state index in [0.29, 0.717) is 6.04 Å². The lowest BCUT2D eigenvalue weighted by atomic mass is 10.00. The maximum atomic E-state index is 12.7. The highest BCUT2D eigenvalue weighted by molar-refractivity contribution is 6.04. The summed E-state index contributed by atoms with van der Waals surface area (Å²) in [5.74, 6) is -0.0515. The van der Waals surface area contributed by atoms with Gasteiger partial charge >= 0.3 is 0 Å². The van der Waals surface area contributed by atoms with Crippen LogP contribution >= 0.6 is 24.8 Å². The standard InChI is InChI=1S/C21H27N3O.2ClH/c1-15(2)24(3)20-6-4-5-19(14-20)23-21(25)18-8-7-16-9-11-22-12-10-17(16)13-18;;/h4-8,13-15,22H,9-12H2,1-3H3,(H,23,25);2*1H. The third-order valence-corrected chi connectivity index (χ3v) is 4.90. The molecule has 1 amide bonds. The van der Waals surface area contributed by atoms with Crippen LogP contribution in [-0.2, 0) is 12.8 Å². The number of nitrogens with zero attached hydrogens (tertiary/aromatic N) is 1. The number of amides is 1. The minimum Gasteiger partial charge on any atom is -0.372 e. The average Bonchev–Trinajstić information content (AvgIpc) is 2.85. The molecule has 0 saturated heterocycles. The Bertz CT molecular complexity index is 765. The van der Waals surface area contributed by atoms with E-state index in [1.807, 2.05) is 30.3 Å². The Morgan fingerprint density at radius 1 is 1.04 bits per heavy atom.